The molecule has 5 heteroatoms. The van der Waals surface area contributed by atoms with Gasteiger partial charge >= 0.3 is 0 Å². The van der Waals surface area contributed by atoms with Crippen LogP contribution in [0.25, 0.3) is 0 Å². The van der Waals surface area contributed by atoms with E-state index >= 15 is 0 Å². The van der Waals surface area contributed by atoms with Crippen molar-refractivity contribution < 1.29 is 0 Å². The molecule has 0 saturated carbocycles. The Morgan fingerprint density at radius 2 is 1.62 bits per heavy atom. The zero-order chi connectivity index (χ0) is 13.8. The molecule has 2 aliphatic rings. The molecule has 4 nitrogen and oxygen atoms in total. The first-order valence-electron chi connectivity index (χ1n) is 8.16. The number of likely N-dealkylation sites (tertiary alicyclic amines) is 1. The van der Waals surface area contributed by atoms with E-state index in [4.69, 9.17) is 0 Å². The lowest BCUT2D eigenvalue weighted by Gasteiger charge is -2.21. The number of halogens is 1. The molecule has 1 saturated heterocycles. The van der Waals surface area contributed by atoms with Gasteiger partial charge in [-0.05, 0) is 57.2 Å². The predicted octanol–water partition coefficient (Wildman–Crippen LogP) is 2.49. The van der Waals surface area contributed by atoms with Crippen LogP contribution in [0.5, 0.6) is 0 Å². The molecule has 0 radical (unpaired) electrons. The lowest BCUT2D eigenvalue weighted by molar-refractivity contribution is 0.287. The van der Waals surface area contributed by atoms with Crippen molar-refractivity contribution in [2.24, 2.45) is 0 Å². The van der Waals surface area contributed by atoms with E-state index in [0.717, 1.165) is 43.5 Å². The topological polar surface area (TPSA) is 49.0 Å². The fourth-order valence-corrected chi connectivity index (χ4v) is 3.56. The third kappa shape index (κ3) is 4.07. The van der Waals surface area contributed by atoms with Crippen molar-refractivity contribution in [2.75, 3.05) is 19.6 Å². The first-order valence-corrected chi connectivity index (χ1v) is 8.16. The monoisotopic (exact) mass is 311 g/mol. The van der Waals surface area contributed by atoms with Gasteiger partial charge < -0.3 is 4.90 Å². The van der Waals surface area contributed by atoms with E-state index in [1.807, 2.05) is 0 Å². The maximum absolute atomic E-state index is 11.8. The second kappa shape index (κ2) is 7.95. The minimum Gasteiger partial charge on any atom is -0.303 e. The van der Waals surface area contributed by atoms with Crippen LogP contribution in [0.2, 0.25) is 0 Å². The van der Waals surface area contributed by atoms with Crippen molar-refractivity contribution in [3.8, 4) is 0 Å². The molecule has 0 aromatic carbocycles. The van der Waals surface area contributed by atoms with Gasteiger partial charge in [0, 0.05) is 18.5 Å². The van der Waals surface area contributed by atoms with E-state index in [1.54, 1.807) is 0 Å². The van der Waals surface area contributed by atoms with Gasteiger partial charge in [0.1, 0.15) is 0 Å². The van der Waals surface area contributed by atoms with Gasteiger partial charge in [0.25, 0.3) is 5.56 Å². The number of fused-ring (bicyclic) bond motifs is 1. The maximum Gasteiger partial charge on any atom is 0.267 e. The largest absolute Gasteiger partial charge is 0.303 e. The number of nitrogens with zero attached hydrogens (tertiary/aromatic N) is 2. The number of aromatic amines is 1. The van der Waals surface area contributed by atoms with Crippen LogP contribution in [0.15, 0.2) is 4.79 Å². The quantitative estimate of drug-likeness (QED) is 0.933. The first-order chi connectivity index (χ1) is 9.84. The molecule has 1 N–H and O–H groups in total. The first kappa shape index (κ1) is 16.5. The van der Waals surface area contributed by atoms with E-state index < -0.39 is 0 Å². The van der Waals surface area contributed by atoms with Gasteiger partial charge in [0.2, 0.25) is 0 Å². The third-order valence-electron chi connectivity index (χ3n) is 4.75. The number of nitrogens with one attached hydrogen (secondary N) is 1. The zero-order valence-corrected chi connectivity index (χ0v) is 13.5. The highest BCUT2D eigenvalue weighted by Gasteiger charge is 2.18. The fraction of sp³-hybridized carbons (Fsp3) is 0.750. The third-order valence-corrected chi connectivity index (χ3v) is 4.75. The number of hydrogen-bond acceptors (Lipinski definition) is 3. The predicted molar refractivity (Wildman–Crippen MR) is 87.4 cm³/mol. The molecule has 3 rings (SSSR count). The highest BCUT2D eigenvalue weighted by molar-refractivity contribution is 5.85. The van der Waals surface area contributed by atoms with E-state index in [9.17, 15) is 4.79 Å². The fourth-order valence-electron chi connectivity index (χ4n) is 3.56. The minimum absolute atomic E-state index is 0. The number of rotatable bonds is 3. The maximum atomic E-state index is 11.8. The second-order valence-electron chi connectivity index (χ2n) is 6.17. The standard InChI is InChI=1S/C16H25N3O.ClH/c20-16-14-8-4-3-7-13(14)15(17-18-16)9-12-19-10-5-1-2-6-11-19;/h1-12H2,(H,18,20);1H. The number of hydrogen-bond donors (Lipinski definition) is 1. The molecule has 1 aromatic heterocycles. The summed E-state index contributed by atoms with van der Waals surface area (Å²) >= 11 is 0. The minimum atomic E-state index is 0. The molecule has 1 aromatic rings. The summed E-state index contributed by atoms with van der Waals surface area (Å²) in [4.78, 5) is 14.4. The Balaban J connectivity index is 0.00000161. The van der Waals surface area contributed by atoms with Gasteiger partial charge in [0.05, 0.1) is 5.69 Å². The van der Waals surface area contributed by atoms with Crippen molar-refractivity contribution in [1.82, 2.24) is 15.1 Å². The summed E-state index contributed by atoms with van der Waals surface area (Å²) in [5, 5.41) is 7.04. The highest BCUT2D eigenvalue weighted by atomic mass is 35.5. The lowest BCUT2D eigenvalue weighted by atomic mass is 9.91. The van der Waals surface area contributed by atoms with E-state index in [2.05, 4.69) is 15.1 Å². The average Bonchev–Trinajstić information content (AvgIpc) is 2.76. The van der Waals surface area contributed by atoms with Crippen LogP contribution < -0.4 is 5.56 Å². The van der Waals surface area contributed by atoms with Gasteiger partial charge in [-0.1, -0.05) is 12.8 Å². The summed E-state index contributed by atoms with van der Waals surface area (Å²) < 4.78 is 0. The SMILES string of the molecule is Cl.O=c1[nH]nc(CCN2CCCCCC2)c2c1CCCC2. The van der Waals surface area contributed by atoms with Crippen molar-refractivity contribution in [1.29, 1.82) is 0 Å². The van der Waals surface area contributed by atoms with Gasteiger partial charge in [-0.15, -0.1) is 12.4 Å². The van der Waals surface area contributed by atoms with E-state index in [1.165, 1.54) is 50.8 Å². The molecule has 118 valence electrons. The summed E-state index contributed by atoms with van der Waals surface area (Å²) in [6.07, 6.45) is 10.7. The van der Waals surface area contributed by atoms with Crippen LogP contribution in [0, 0.1) is 0 Å². The molecule has 0 unspecified atom stereocenters. The average molecular weight is 312 g/mol. The molecule has 1 aliphatic heterocycles. The molecule has 0 amide bonds. The molecule has 21 heavy (non-hydrogen) atoms. The van der Waals surface area contributed by atoms with Crippen molar-refractivity contribution in [2.45, 2.75) is 57.8 Å². The normalized spacial score (nSPS) is 19.4. The van der Waals surface area contributed by atoms with Gasteiger partial charge in [-0.3, -0.25) is 4.79 Å². The summed E-state index contributed by atoms with van der Waals surface area (Å²) in [7, 11) is 0. The van der Waals surface area contributed by atoms with Gasteiger partial charge in [-0.25, -0.2) is 5.10 Å². The Bertz CT molecular complexity index is 507. The zero-order valence-electron chi connectivity index (χ0n) is 12.7. The lowest BCUT2D eigenvalue weighted by Crippen LogP contribution is -2.29. The van der Waals surface area contributed by atoms with Crippen LogP contribution in [0.4, 0.5) is 0 Å². The van der Waals surface area contributed by atoms with Crippen LogP contribution in [0.3, 0.4) is 0 Å². The summed E-state index contributed by atoms with van der Waals surface area (Å²) in [6, 6.07) is 0. The summed E-state index contributed by atoms with van der Waals surface area (Å²) in [6.45, 7) is 3.54. The summed E-state index contributed by atoms with van der Waals surface area (Å²) in [5.41, 5.74) is 3.45. The van der Waals surface area contributed by atoms with Crippen LogP contribution in [0.1, 0.15) is 55.3 Å². The number of aromatic nitrogens is 2. The molecule has 1 aliphatic carbocycles. The van der Waals surface area contributed by atoms with Gasteiger partial charge in [-0.2, -0.15) is 5.10 Å². The Morgan fingerprint density at radius 1 is 0.952 bits per heavy atom. The Labute approximate surface area is 132 Å². The molecular formula is C16H26ClN3O. The smallest absolute Gasteiger partial charge is 0.267 e. The van der Waals surface area contributed by atoms with Crippen molar-refractivity contribution in [3.05, 3.63) is 27.2 Å². The molecule has 2 heterocycles. The van der Waals surface area contributed by atoms with Crippen LogP contribution in [-0.2, 0) is 19.3 Å². The number of H-pyrrole nitrogens is 1. The van der Waals surface area contributed by atoms with Gasteiger partial charge in [0.15, 0.2) is 0 Å². The van der Waals surface area contributed by atoms with E-state index in [-0.39, 0.29) is 18.0 Å². The van der Waals surface area contributed by atoms with Crippen molar-refractivity contribution >= 4 is 12.4 Å². The Hall–Kier alpha value is -0.870. The van der Waals surface area contributed by atoms with Crippen LogP contribution in [-0.4, -0.2) is 34.7 Å². The molecule has 0 atom stereocenters. The highest BCUT2D eigenvalue weighted by Crippen LogP contribution is 2.20. The molecule has 0 spiro atoms. The molecular weight excluding hydrogens is 286 g/mol. The van der Waals surface area contributed by atoms with E-state index in [0.29, 0.717) is 0 Å². The van der Waals surface area contributed by atoms with Crippen molar-refractivity contribution in [3.63, 3.8) is 0 Å². The summed E-state index contributed by atoms with van der Waals surface area (Å²) in [5.74, 6) is 0. The molecule has 0 bridgehead atoms. The van der Waals surface area contributed by atoms with Crippen LogP contribution >= 0.6 is 12.4 Å². The Kier molecular flexibility index (Phi) is 6.24. The molecule has 1 fully saturated rings. The Morgan fingerprint density at radius 3 is 2.33 bits per heavy atom. The second-order valence-corrected chi connectivity index (χ2v) is 6.17.